The van der Waals surface area contributed by atoms with Gasteiger partial charge in [-0.05, 0) is 0 Å². The number of ether oxygens (including phenoxy) is 2. The molecule has 0 aromatic rings. The fourth-order valence-electron chi connectivity index (χ4n) is 1.14. The summed E-state index contributed by atoms with van der Waals surface area (Å²) in [6.45, 7) is 0.378. The van der Waals surface area contributed by atoms with Crippen LogP contribution in [0, 0.1) is 0 Å². The highest BCUT2D eigenvalue weighted by Gasteiger charge is 2.46. The van der Waals surface area contributed by atoms with Gasteiger partial charge in [0.25, 0.3) is 20.2 Å². The molecule has 2 rings (SSSR count). The third kappa shape index (κ3) is 3.96. The summed E-state index contributed by atoms with van der Waals surface area (Å²) in [4.78, 5) is 0. The molecule has 4 unspecified atom stereocenters. The lowest BCUT2D eigenvalue weighted by atomic mass is 10.6. The second-order valence-electron chi connectivity index (χ2n) is 3.70. The zero-order valence-electron chi connectivity index (χ0n) is 8.70. The van der Waals surface area contributed by atoms with Gasteiger partial charge in [0.2, 0.25) is 0 Å². The van der Waals surface area contributed by atoms with Crippen molar-refractivity contribution in [1.82, 2.24) is 0 Å². The third-order valence-electron chi connectivity index (χ3n) is 2.16. The highest BCUT2D eigenvalue weighted by Crippen LogP contribution is 2.43. The van der Waals surface area contributed by atoms with Crippen LogP contribution in [-0.2, 0) is 29.7 Å². The highest BCUT2D eigenvalue weighted by atomic mass is 33.1. The minimum Gasteiger partial charge on any atom is -0.371 e. The molecule has 0 aliphatic carbocycles. The molecule has 2 heterocycles. The average molecular weight is 338 g/mol. The topological polar surface area (TPSA) is 134 Å². The summed E-state index contributed by atoms with van der Waals surface area (Å²) in [5, 5.41) is 0. The Morgan fingerprint density at radius 3 is 1.33 bits per heavy atom. The fourth-order valence-corrected chi connectivity index (χ4v) is 7.80. The lowest BCUT2D eigenvalue weighted by molar-refractivity contribution is 0.404. The summed E-state index contributed by atoms with van der Waals surface area (Å²) < 4.78 is 69.2. The molecule has 0 amide bonds. The van der Waals surface area contributed by atoms with Crippen LogP contribution in [-0.4, -0.2) is 60.5 Å². The molecule has 2 fully saturated rings. The first-order valence-corrected chi connectivity index (χ1v) is 9.96. The fraction of sp³-hybridized carbons (Fsp3) is 1.00. The van der Waals surface area contributed by atoms with Crippen molar-refractivity contribution in [2.45, 2.75) is 21.4 Å². The van der Waals surface area contributed by atoms with Crippen LogP contribution in [0.25, 0.3) is 0 Å². The van der Waals surface area contributed by atoms with Crippen LogP contribution in [0.1, 0.15) is 0 Å². The molecule has 0 spiro atoms. The summed E-state index contributed by atoms with van der Waals surface area (Å²) >= 11 is 0. The normalized spacial score (nSPS) is 30.8. The van der Waals surface area contributed by atoms with Crippen LogP contribution in [0.4, 0.5) is 0 Å². The molecule has 0 aromatic carbocycles. The predicted octanol–water partition coefficient (Wildman–Crippen LogP) is -0.407. The first kappa shape index (κ1) is 14.8. The molecule has 0 bridgehead atoms. The van der Waals surface area contributed by atoms with Crippen molar-refractivity contribution in [3.63, 3.8) is 0 Å². The molecular formula is C6H10O8S4. The molecule has 4 atom stereocenters. The van der Waals surface area contributed by atoms with Crippen LogP contribution < -0.4 is 0 Å². The number of epoxide rings is 2. The maximum atomic E-state index is 11.1. The van der Waals surface area contributed by atoms with Gasteiger partial charge >= 0.3 is 0 Å². The Labute approximate surface area is 112 Å². The molecule has 8 nitrogen and oxygen atoms in total. The first-order valence-electron chi connectivity index (χ1n) is 4.67. The zero-order chi connectivity index (χ0) is 13.6. The summed E-state index contributed by atoms with van der Waals surface area (Å²) in [5.74, 6) is 0. The van der Waals surface area contributed by atoms with Crippen molar-refractivity contribution in [3.8, 4) is 0 Å². The molecule has 106 valence electrons. The van der Waals surface area contributed by atoms with Crippen LogP contribution in [0.5, 0.6) is 0 Å². The van der Waals surface area contributed by atoms with Gasteiger partial charge in [0.05, 0.1) is 13.2 Å². The van der Waals surface area contributed by atoms with Gasteiger partial charge in [0.15, 0.2) is 9.16 Å². The van der Waals surface area contributed by atoms with E-state index >= 15 is 0 Å². The molecule has 12 heteroatoms. The minimum absolute atomic E-state index is 0.189. The van der Waals surface area contributed by atoms with E-state index in [0.29, 0.717) is 21.6 Å². The number of hydrogen-bond acceptors (Lipinski definition) is 8. The lowest BCUT2D eigenvalue weighted by Crippen LogP contribution is -2.25. The van der Waals surface area contributed by atoms with E-state index < -0.39 is 41.6 Å². The molecule has 0 radical (unpaired) electrons. The largest absolute Gasteiger partial charge is 0.371 e. The summed E-state index contributed by atoms with van der Waals surface area (Å²) in [6, 6.07) is 0. The van der Waals surface area contributed by atoms with Gasteiger partial charge in [-0.25, -0.2) is 0 Å². The molecule has 2 aliphatic heterocycles. The van der Waals surface area contributed by atoms with Gasteiger partial charge in [-0.3, -0.25) is 9.11 Å². The van der Waals surface area contributed by atoms with E-state index in [2.05, 4.69) is 0 Å². The molecule has 0 saturated carbocycles. The Morgan fingerprint density at radius 2 is 1.17 bits per heavy atom. The SMILES string of the molecule is O=S(=O)(O)C(SSC(C1CO1)S(=O)(=O)O)C1CO1. The number of rotatable bonds is 7. The van der Waals surface area contributed by atoms with Crippen molar-refractivity contribution >= 4 is 41.8 Å². The first-order chi connectivity index (χ1) is 8.19. The molecular weight excluding hydrogens is 328 g/mol. The minimum atomic E-state index is -4.35. The van der Waals surface area contributed by atoms with Crippen LogP contribution in [0.3, 0.4) is 0 Å². The maximum Gasteiger partial charge on any atom is 0.280 e. The predicted molar refractivity (Wildman–Crippen MR) is 65.3 cm³/mol. The summed E-state index contributed by atoms with van der Waals surface area (Å²) in [7, 11) is -7.42. The molecule has 2 saturated heterocycles. The summed E-state index contributed by atoms with van der Waals surface area (Å²) in [6.07, 6.45) is -1.31. The lowest BCUT2D eigenvalue weighted by Gasteiger charge is -2.14. The Morgan fingerprint density at radius 1 is 0.889 bits per heavy atom. The van der Waals surface area contributed by atoms with Gasteiger partial charge in [0, 0.05) is 0 Å². The van der Waals surface area contributed by atoms with E-state index in [1.165, 1.54) is 0 Å². The van der Waals surface area contributed by atoms with Crippen LogP contribution in [0.2, 0.25) is 0 Å². The van der Waals surface area contributed by atoms with Crippen molar-refractivity contribution in [1.29, 1.82) is 0 Å². The van der Waals surface area contributed by atoms with Gasteiger partial charge in [-0.2, -0.15) is 16.8 Å². The average Bonchev–Trinajstić information content (AvgIpc) is 2.99. The van der Waals surface area contributed by atoms with E-state index in [1.807, 2.05) is 0 Å². The van der Waals surface area contributed by atoms with Gasteiger partial charge in [-0.1, -0.05) is 21.6 Å². The Hall–Kier alpha value is 0.440. The number of hydrogen-bond donors (Lipinski definition) is 2. The summed E-state index contributed by atoms with van der Waals surface area (Å²) in [5.41, 5.74) is 0. The Balaban J connectivity index is 2.00. The molecule has 2 N–H and O–H groups in total. The monoisotopic (exact) mass is 338 g/mol. The van der Waals surface area contributed by atoms with Crippen LogP contribution in [0.15, 0.2) is 0 Å². The highest BCUT2D eigenvalue weighted by molar-refractivity contribution is 8.79. The van der Waals surface area contributed by atoms with Crippen molar-refractivity contribution in [3.05, 3.63) is 0 Å². The zero-order valence-corrected chi connectivity index (χ0v) is 12.0. The standard InChI is InChI=1S/C6H10O8S4/c7-17(8,9)5(3-1-13-3)15-16-6(4-2-14-4)18(10,11)12/h3-6H,1-2H2,(H,7,8,9)(H,10,11,12). The van der Waals surface area contributed by atoms with Gasteiger partial charge in [0.1, 0.15) is 12.2 Å². The van der Waals surface area contributed by atoms with Crippen molar-refractivity contribution in [2.24, 2.45) is 0 Å². The van der Waals surface area contributed by atoms with Gasteiger partial charge in [-0.15, -0.1) is 0 Å². The van der Waals surface area contributed by atoms with Crippen molar-refractivity contribution in [2.75, 3.05) is 13.2 Å². The maximum absolute atomic E-state index is 11.1. The van der Waals surface area contributed by atoms with E-state index in [9.17, 15) is 16.8 Å². The molecule has 0 aromatic heterocycles. The van der Waals surface area contributed by atoms with E-state index in [1.54, 1.807) is 0 Å². The Bertz CT molecular complexity index is 456. The third-order valence-corrected chi connectivity index (χ3v) is 9.38. The Kier molecular flexibility index (Phi) is 4.19. The van der Waals surface area contributed by atoms with E-state index in [0.717, 1.165) is 0 Å². The van der Waals surface area contributed by atoms with E-state index in [-0.39, 0.29) is 13.2 Å². The molecule has 18 heavy (non-hydrogen) atoms. The quantitative estimate of drug-likeness (QED) is 0.358. The molecule has 2 aliphatic rings. The van der Waals surface area contributed by atoms with E-state index in [4.69, 9.17) is 18.6 Å². The van der Waals surface area contributed by atoms with Crippen LogP contribution >= 0.6 is 21.6 Å². The second-order valence-corrected chi connectivity index (χ2v) is 9.93. The van der Waals surface area contributed by atoms with Crippen molar-refractivity contribution < 1.29 is 35.4 Å². The smallest absolute Gasteiger partial charge is 0.280 e. The van der Waals surface area contributed by atoms with Gasteiger partial charge < -0.3 is 9.47 Å². The second kappa shape index (κ2) is 5.09.